The third-order valence-electron chi connectivity index (χ3n) is 3.85. The van der Waals surface area contributed by atoms with Crippen LogP contribution in [-0.2, 0) is 11.3 Å². The zero-order valence-corrected chi connectivity index (χ0v) is 11.0. The van der Waals surface area contributed by atoms with E-state index in [-0.39, 0.29) is 12.5 Å². The highest BCUT2D eigenvalue weighted by Gasteiger charge is 2.34. The summed E-state index contributed by atoms with van der Waals surface area (Å²) in [5.74, 6) is 0.729. The third kappa shape index (κ3) is 3.28. The molecular weight excluding hydrogens is 244 g/mol. The smallest absolute Gasteiger partial charge is 0.244 e. The average molecular weight is 264 g/mol. The van der Waals surface area contributed by atoms with E-state index in [1.54, 1.807) is 0 Å². The maximum atomic E-state index is 12.4. The van der Waals surface area contributed by atoms with Crippen LogP contribution in [0, 0.1) is 5.92 Å². The number of hydrogen-bond donors (Lipinski definition) is 1. The molecule has 0 bridgehead atoms. The number of amides is 1. The van der Waals surface area contributed by atoms with Gasteiger partial charge in [-0.15, -0.1) is 5.10 Å². The lowest BCUT2D eigenvalue weighted by Gasteiger charge is -2.30. The summed E-state index contributed by atoms with van der Waals surface area (Å²) in [7, 11) is 0. The molecule has 1 amide bonds. The number of aromatic nitrogens is 4. The van der Waals surface area contributed by atoms with Crippen molar-refractivity contribution >= 4 is 5.91 Å². The quantitative estimate of drug-likeness (QED) is 0.787. The van der Waals surface area contributed by atoms with Crippen LogP contribution >= 0.6 is 0 Å². The van der Waals surface area contributed by atoms with Crippen LogP contribution in [-0.4, -0.2) is 56.7 Å². The van der Waals surface area contributed by atoms with Crippen molar-refractivity contribution in [3.05, 3.63) is 6.33 Å². The van der Waals surface area contributed by atoms with Crippen molar-refractivity contribution in [2.24, 2.45) is 5.92 Å². The summed E-state index contributed by atoms with van der Waals surface area (Å²) in [6, 6.07) is 0.450. The van der Waals surface area contributed by atoms with Gasteiger partial charge in [-0.25, -0.2) is 4.68 Å². The zero-order chi connectivity index (χ0) is 13.1. The van der Waals surface area contributed by atoms with Crippen LogP contribution in [0.5, 0.6) is 0 Å². The fraction of sp³-hybridized carbons (Fsp3) is 0.833. The van der Waals surface area contributed by atoms with Gasteiger partial charge in [-0.1, -0.05) is 0 Å². The second kappa shape index (κ2) is 5.64. The van der Waals surface area contributed by atoms with Gasteiger partial charge in [-0.05, 0) is 55.1 Å². The molecule has 7 heteroatoms. The highest BCUT2D eigenvalue weighted by atomic mass is 16.2. The molecule has 2 aliphatic rings. The van der Waals surface area contributed by atoms with E-state index in [9.17, 15) is 4.79 Å². The number of carbonyl (C=O) groups excluding carboxylic acids is 1. The molecule has 1 aliphatic heterocycles. The minimum absolute atomic E-state index is 0.139. The average Bonchev–Trinajstić information content (AvgIpc) is 3.15. The van der Waals surface area contributed by atoms with Crippen molar-refractivity contribution in [1.82, 2.24) is 30.4 Å². The highest BCUT2D eigenvalue weighted by Crippen LogP contribution is 2.28. The van der Waals surface area contributed by atoms with Gasteiger partial charge in [0.25, 0.3) is 0 Å². The first kappa shape index (κ1) is 12.5. The monoisotopic (exact) mass is 264 g/mol. The van der Waals surface area contributed by atoms with E-state index in [2.05, 4.69) is 20.8 Å². The van der Waals surface area contributed by atoms with Gasteiger partial charge in [0.1, 0.15) is 12.9 Å². The van der Waals surface area contributed by atoms with Crippen molar-refractivity contribution in [3.63, 3.8) is 0 Å². The van der Waals surface area contributed by atoms with Crippen molar-refractivity contribution in [2.45, 2.75) is 38.3 Å². The molecule has 1 aliphatic carbocycles. The van der Waals surface area contributed by atoms with Crippen LogP contribution in [0.3, 0.4) is 0 Å². The second-order valence-electron chi connectivity index (χ2n) is 5.50. The fourth-order valence-corrected chi connectivity index (χ4v) is 2.68. The van der Waals surface area contributed by atoms with E-state index < -0.39 is 0 Å². The molecule has 104 valence electrons. The summed E-state index contributed by atoms with van der Waals surface area (Å²) in [5, 5.41) is 14.3. The fourth-order valence-electron chi connectivity index (χ4n) is 2.68. The molecule has 2 heterocycles. The lowest BCUT2D eigenvalue weighted by molar-refractivity contribution is -0.133. The minimum atomic E-state index is 0.139. The van der Waals surface area contributed by atoms with E-state index in [1.165, 1.54) is 23.9 Å². The molecule has 1 unspecified atom stereocenters. The number of nitrogens with one attached hydrogen (secondary N) is 1. The maximum Gasteiger partial charge on any atom is 0.244 e. The number of piperidine rings is 1. The lowest BCUT2D eigenvalue weighted by atomic mass is 9.99. The molecular formula is C12H20N6O. The van der Waals surface area contributed by atoms with Crippen molar-refractivity contribution in [1.29, 1.82) is 0 Å². The lowest BCUT2D eigenvalue weighted by Crippen LogP contribution is -2.43. The molecule has 3 rings (SSSR count). The molecule has 1 saturated carbocycles. The van der Waals surface area contributed by atoms with Crippen molar-refractivity contribution in [3.8, 4) is 0 Å². The van der Waals surface area contributed by atoms with Gasteiger partial charge in [0.15, 0.2) is 0 Å². The Kier molecular flexibility index (Phi) is 3.72. The number of carbonyl (C=O) groups is 1. The summed E-state index contributed by atoms with van der Waals surface area (Å²) in [5.41, 5.74) is 0. The Labute approximate surface area is 112 Å². The number of rotatable bonds is 5. The molecule has 1 N–H and O–H groups in total. The van der Waals surface area contributed by atoms with Crippen molar-refractivity contribution in [2.75, 3.05) is 19.6 Å². The van der Waals surface area contributed by atoms with Gasteiger partial charge < -0.3 is 10.2 Å². The molecule has 2 fully saturated rings. The van der Waals surface area contributed by atoms with Crippen LogP contribution in [0.4, 0.5) is 0 Å². The summed E-state index contributed by atoms with van der Waals surface area (Å²) < 4.78 is 1.50. The topological polar surface area (TPSA) is 75.9 Å². The number of nitrogens with zero attached hydrogens (tertiary/aromatic N) is 5. The summed E-state index contributed by atoms with van der Waals surface area (Å²) >= 11 is 0. The molecule has 1 aromatic rings. The molecule has 0 radical (unpaired) electrons. The van der Waals surface area contributed by atoms with Crippen molar-refractivity contribution < 1.29 is 4.79 Å². The first-order valence-electron chi connectivity index (χ1n) is 7.04. The summed E-state index contributed by atoms with van der Waals surface area (Å²) in [6.07, 6.45) is 6.20. The molecule has 7 nitrogen and oxygen atoms in total. The van der Waals surface area contributed by atoms with Crippen LogP contribution in [0.1, 0.15) is 25.7 Å². The largest absolute Gasteiger partial charge is 0.338 e. The Morgan fingerprint density at radius 2 is 2.32 bits per heavy atom. The standard InChI is InChI=1S/C12H20N6O/c19-12(8-17-9-14-15-16-17)18(11-3-4-11)7-10-2-1-5-13-6-10/h9-11,13H,1-8H2. The normalized spacial score (nSPS) is 23.3. The Hall–Kier alpha value is -1.50. The maximum absolute atomic E-state index is 12.4. The zero-order valence-electron chi connectivity index (χ0n) is 11.0. The van der Waals surface area contributed by atoms with Crippen LogP contribution in [0.25, 0.3) is 0 Å². The number of hydrogen-bond acceptors (Lipinski definition) is 5. The van der Waals surface area contributed by atoms with Gasteiger partial charge >= 0.3 is 0 Å². The third-order valence-corrected chi connectivity index (χ3v) is 3.85. The number of tetrazole rings is 1. The Balaban J connectivity index is 1.58. The predicted molar refractivity (Wildman–Crippen MR) is 68.1 cm³/mol. The van der Waals surface area contributed by atoms with Gasteiger partial charge in [0, 0.05) is 12.6 Å². The Bertz CT molecular complexity index is 410. The molecule has 19 heavy (non-hydrogen) atoms. The SMILES string of the molecule is O=C(Cn1cnnn1)N(CC1CCCNC1)C1CC1. The van der Waals surface area contributed by atoms with E-state index in [4.69, 9.17) is 0 Å². The highest BCUT2D eigenvalue weighted by molar-refractivity contribution is 5.76. The predicted octanol–water partition coefficient (Wildman–Crippen LogP) is -0.336. The Morgan fingerprint density at radius 1 is 1.42 bits per heavy atom. The van der Waals surface area contributed by atoms with E-state index >= 15 is 0 Å². The molecule has 1 atom stereocenters. The van der Waals surface area contributed by atoms with Gasteiger partial charge in [0.05, 0.1) is 0 Å². The Morgan fingerprint density at radius 3 is 2.95 bits per heavy atom. The molecule has 1 saturated heterocycles. The van der Waals surface area contributed by atoms with Gasteiger partial charge in [0.2, 0.25) is 5.91 Å². The van der Waals surface area contributed by atoms with E-state index in [0.717, 1.165) is 32.5 Å². The second-order valence-corrected chi connectivity index (χ2v) is 5.50. The molecule has 1 aromatic heterocycles. The van der Waals surface area contributed by atoms with E-state index in [1.807, 2.05) is 4.90 Å². The first-order valence-corrected chi connectivity index (χ1v) is 7.04. The van der Waals surface area contributed by atoms with Gasteiger partial charge in [-0.2, -0.15) is 0 Å². The van der Waals surface area contributed by atoms with Crippen LogP contribution in [0.2, 0.25) is 0 Å². The van der Waals surface area contributed by atoms with Crippen LogP contribution in [0.15, 0.2) is 6.33 Å². The minimum Gasteiger partial charge on any atom is -0.338 e. The first-order chi connectivity index (χ1) is 9.33. The summed E-state index contributed by atoms with van der Waals surface area (Å²) in [4.78, 5) is 14.4. The summed E-state index contributed by atoms with van der Waals surface area (Å²) in [6.45, 7) is 3.27. The van der Waals surface area contributed by atoms with Gasteiger partial charge in [-0.3, -0.25) is 4.79 Å². The molecule has 0 spiro atoms. The van der Waals surface area contributed by atoms with E-state index in [0.29, 0.717) is 12.0 Å². The van der Waals surface area contributed by atoms with Crippen LogP contribution < -0.4 is 5.32 Å². The molecule has 0 aromatic carbocycles.